The highest BCUT2D eigenvalue weighted by Crippen LogP contribution is 2.33. The molecule has 25 heavy (non-hydrogen) atoms. The molecule has 1 saturated heterocycles. The molecule has 3 rings (SSSR count). The lowest BCUT2D eigenvalue weighted by atomic mass is 9.89. The molecule has 3 nitrogen and oxygen atoms in total. The van der Waals surface area contributed by atoms with Gasteiger partial charge >= 0.3 is 0 Å². The first-order valence-electron chi connectivity index (χ1n) is 8.44. The van der Waals surface area contributed by atoms with E-state index in [-0.39, 0.29) is 11.7 Å². The number of amides is 1. The van der Waals surface area contributed by atoms with Crippen LogP contribution in [0.25, 0.3) is 16.7 Å². The zero-order valence-corrected chi connectivity index (χ0v) is 14.8. The molecule has 2 aromatic rings. The number of halogens is 1. The lowest BCUT2D eigenvalue weighted by Crippen LogP contribution is -2.31. The lowest BCUT2D eigenvalue weighted by molar-refractivity contribution is -0.118. The van der Waals surface area contributed by atoms with Crippen molar-refractivity contribution in [2.75, 3.05) is 13.7 Å². The molecule has 1 fully saturated rings. The summed E-state index contributed by atoms with van der Waals surface area (Å²) >= 11 is 0. The molecule has 1 heterocycles. The summed E-state index contributed by atoms with van der Waals surface area (Å²) in [5.41, 5.74) is 5.11. The largest absolute Gasteiger partial charge is 0.497 e. The monoisotopic (exact) mass is 339 g/mol. The van der Waals surface area contributed by atoms with Gasteiger partial charge in [-0.3, -0.25) is 4.79 Å². The maximum absolute atomic E-state index is 14.3. The highest BCUT2D eigenvalue weighted by atomic mass is 19.1. The number of piperidine rings is 1. The Bertz CT molecular complexity index is 838. The second-order valence-electron chi connectivity index (χ2n) is 6.32. The van der Waals surface area contributed by atoms with E-state index < -0.39 is 0 Å². The van der Waals surface area contributed by atoms with E-state index in [1.54, 1.807) is 13.2 Å². The van der Waals surface area contributed by atoms with Gasteiger partial charge in [-0.1, -0.05) is 12.1 Å². The number of carbonyl (C=O) groups is 1. The summed E-state index contributed by atoms with van der Waals surface area (Å²) in [6.45, 7) is 4.58. The number of hydrogen-bond acceptors (Lipinski definition) is 2. The Morgan fingerprint density at radius 3 is 2.56 bits per heavy atom. The average Bonchev–Trinajstić information content (AvgIpc) is 2.63. The standard InChI is InChI=1S/C21H22FNO2/c1-13(18-5-4-10-23-21(18)24)19-11-16(22)12-20(14(19)2)15-6-8-17(25-3)9-7-15/h6-9,11-12H,4-5,10H2,1-3H3,(H,23,24)/b18-13+. The van der Waals surface area contributed by atoms with Crippen LogP contribution in [0, 0.1) is 12.7 Å². The summed E-state index contributed by atoms with van der Waals surface area (Å²) in [6, 6.07) is 10.6. The minimum absolute atomic E-state index is 0.0431. The van der Waals surface area contributed by atoms with Gasteiger partial charge in [0.2, 0.25) is 5.91 Å². The Morgan fingerprint density at radius 2 is 1.92 bits per heavy atom. The number of allylic oxidation sites excluding steroid dienone is 1. The first kappa shape index (κ1) is 17.2. The van der Waals surface area contributed by atoms with E-state index >= 15 is 0 Å². The topological polar surface area (TPSA) is 38.3 Å². The van der Waals surface area contributed by atoms with Crippen LogP contribution in [0.1, 0.15) is 30.9 Å². The number of ether oxygens (including phenoxy) is 1. The van der Waals surface area contributed by atoms with Gasteiger partial charge in [0.25, 0.3) is 0 Å². The fourth-order valence-electron chi connectivity index (χ4n) is 3.35. The second-order valence-corrected chi connectivity index (χ2v) is 6.32. The normalized spacial score (nSPS) is 16.4. The highest BCUT2D eigenvalue weighted by molar-refractivity contribution is 6.02. The van der Waals surface area contributed by atoms with Crippen molar-refractivity contribution in [3.05, 3.63) is 58.9 Å². The number of hydrogen-bond donors (Lipinski definition) is 1. The summed E-state index contributed by atoms with van der Waals surface area (Å²) in [5, 5.41) is 2.87. The minimum atomic E-state index is -0.303. The quantitative estimate of drug-likeness (QED) is 0.837. The first-order valence-corrected chi connectivity index (χ1v) is 8.44. The van der Waals surface area contributed by atoms with E-state index in [0.29, 0.717) is 6.54 Å². The van der Waals surface area contributed by atoms with Gasteiger partial charge in [-0.2, -0.15) is 0 Å². The number of benzene rings is 2. The van der Waals surface area contributed by atoms with E-state index in [0.717, 1.165) is 52.0 Å². The van der Waals surface area contributed by atoms with E-state index in [1.807, 2.05) is 38.1 Å². The van der Waals surface area contributed by atoms with Crippen LogP contribution in [0.15, 0.2) is 42.0 Å². The summed E-state index contributed by atoms with van der Waals surface area (Å²) in [5.74, 6) is 0.413. The molecule has 2 aromatic carbocycles. The van der Waals surface area contributed by atoms with Gasteiger partial charge in [-0.25, -0.2) is 4.39 Å². The third-order valence-electron chi connectivity index (χ3n) is 4.79. The Hall–Kier alpha value is -2.62. The van der Waals surface area contributed by atoms with Gasteiger partial charge in [0.15, 0.2) is 0 Å². The molecule has 4 heteroatoms. The Balaban J connectivity index is 2.11. The summed E-state index contributed by atoms with van der Waals surface area (Å²) < 4.78 is 19.5. The molecule has 0 unspecified atom stereocenters. The van der Waals surface area contributed by atoms with Crippen molar-refractivity contribution in [3.8, 4) is 16.9 Å². The number of methoxy groups -OCH3 is 1. The van der Waals surface area contributed by atoms with Crippen LogP contribution in [0.4, 0.5) is 4.39 Å². The lowest BCUT2D eigenvalue weighted by Gasteiger charge is -2.20. The van der Waals surface area contributed by atoms with Gasteiger partial charge in [0, 0.05) is 12.1 Å². The Morgan fingerprint density at radius 1 is 1.20 bits per heavy atom. The molecule has 0 spiro atoms. The highest BCUT2D eigenvalue weighted by Gasteiger charge is 2.20. The third kappa shape index (κ3) is 3.43. The zero-order chi connectivity index (χ0) is 18.0. The van der Waals surface area contributed by atoms with E-state index in [1.165, 1.54) is 6.07 Å². The van der Waals surface area contributed by atoms with Crippen LogP contribution in [0.5, 0.6) is 5.75 Å². The van der Waals surface area contributed by atoms with Gasteiger partial charge in [-0.05, 0) is 78.8 Å². The van der Waals surface area contributed by atoms with Crippen molar-refractivity contribution in [3.63, 3.8) is 0 Å². The van der Waals surface area contributed by atoms with Crippen LogP contribution in [-0.4, -0.2) is 19.6 Å². The van der Waals surface area contributed by atoms with Gasteiger partial charge < -0.3 is 10.1 Å². The number of rotatable bonds is 3. The van der Waals surface area contributed by atoms with Crippen LogP contribution in [0.2, 0.25) is 0 Å². The fourth-order valence-corrected chi connectivity index (χ4v) is 3.35. The summed E-state index contributed by atoms with van der Waals surface area (Å²) in [7, 11) is 1.62. The van der Waals surface area contributed by atoms with Crippen molar-refractivity contribution >= 4 is 11.5 Å². The van der Waals surface area contributed by atoms with Gasteiger partial charge in [-0.15, -0.1) is 0 Å². The molecular weight excluding hydrogens is 317 g/mol. The first-order chi connectivity index (χ1) is 12.0. The molecular formula is C21H22FNO2. The second kappa shape index (κ2) is 7.09. The molecule has 0 atom stereocenters. The predicted octanol–water partition coefficient (Wildman–Crippen LogP) is 4.49. The minimum Gasteiger partial charge on any atom is -0.497 e. The molecule has 1 aliphatic rings. The Labute approximate surface area is 147 Å². The van der Waals surface area contributed by atoms with Gasteiger partial charge in [0.05, 0.1) is 7.11 Å². The van der Waals surface area contributed by atoms with Gasteiger partial charge in [0.1, 0.15) is 11.6 Å². The van der Waals surface area contributed by atoms with Crippen LogP contribution in [-0.2, 0) is 4.79 Å². The van der Waals surface area contributed by atoms with E-state index in [2.05, 4.69) is 5.32 Å². The molecule has 0 aromatic heterocycles. The molecule has 1 N–H and O–H groups in total. The predicted molar refractivity (Wildman–Crippen MR) is 98.0 cm³/mol. The zero-order valence-electron chi connectivity index (χ0n) is 14.8. The van der Waals surface area contributed by atoms with Crippen LogP contribution < -0.4 is 10.1 Å². The molecule has 0 saturated carbocycles. The van der Waals surface area contributed by atoms with Crippen LogP contribution in [0.3, 0.4) is 0 Å². The Kier molecular flexibility index (Phi) is 4.88. The molecule has 0 aliphatic carbocycles. The third-order valence-corrected chi connectivity index (χ3v) is 4.79. The summed E-state index contributed by atoms with van der Waals surface area (Å²) in [6.07, 6.45) is 1.64. The molecule has 1 aliphatic heterocycles. The summed E-state index contributed by atoms with van der Waals surface area (Å²) in [4.78, 5) is 12.2. The van der Waals surface area contributed by atoms with E-state index in [4.69, 9.17) is 4.74 Å². The van der Waals surface area contributed by atoms with Crippen molar-refractivity contribution in [1.82, 2.24) is 5.32 Å². The van der Waals surface area contributed by atoms with E-state index in [9.17, 15) is 9.18 Å². The molecule has 0 bridgehead atoms. The maximum Gasteiger partial charge on any atom is 0.247 e. The van der Waals surface area contributed by atoms with Crippen molar-refractivity contribution in [2.24, 2.45) is 0 Å². The SMILES string of the molecule is COc1ccc(-c2cc(F)cc(/C(C)=C3\CCCNC3=O)c2C)cc1. The fraction of sp³-hybridized carbons (Fsp3) is 0.286. The number of nitrogens with one attached hydrogen (secondary N) is 1. The average molecular weight is 339 g/mol. The van der Waals surface area contributed by atoms with Crippen molar-refractivity contribution in [2.45, 2.75) is 26.7 Å². The molecule has 1 amide bonds. The van der Waals surface area contributed by atoms with Crippen molar-refractivity contribution in [1.29, 1.82) is 0 Å². The van der Waals surface area contributed by atoms with Crippen LogP contribution >= 0.6 is 0 Å². The van der Waals surface area contributed by atoms with Crippen molar-refractivity contribution < 1.29 is 13.9 Å². The number of carbonyl (C=O) groups excluding carboxylic acids is 1. The molecule has 0 radical (unpaired) electrons. The molecule has 130 valence electrons. The maximum atomic E-state index is 14.3. The smallest absolute Gasteiger partial charge is 0.247 e.